The SMILES string of the molecule is CNC(=O)Nc1ccc(CSC)cc1OCCCN. The van der Waals surface area contributed by atoms with Crippen LogP contribution in [-0.4, -0.2) is 32.5 Å². The molecule has 19 heavy (non-hydrogen) atoms. The minimum Gasteiger partial charge on any atom is -0.491 e. The van der Waals surface area contributed by atoms with Gasteiger partial charge in [0, 0.05) is 12.8 Å². The number of carbonyl (C=O) groups is 1. The monoisotopic (exact) mass is 283 g/mol. The van der Waals surface area contributed by atoms with Crippen molar-refractivity contribution < 1.29 is 9.53 Å². The van der Waals surface area contributed by atoms with Crippen LogP contribution in [0.2, 0.25) is 0 Å². The van der Waals surface area contributed by atoms with E-state index in [-0.39, 0.29) is 6.03 Å². The second-order valence-corrected chi connectivity index (χ2v) is 4.82. The fourth-order valence-corrected chi connectivity index (χ4v) is 2.01. The number of carbonyl (C=O) groups excluding carboxylic acids is 1. The normalized spacial score (nSPS) is 10.1. The third-order valence-corrected chi connectivity index (χ3v) is 3.06. The summed E-state index contributed by atoms with van der Waals surface area (Å²) in [7, 11) is 1.58. The average Bonchev–Trinajstić information content (AvgIpc) is 2.42. The number of anilines is 1. The Hall–Kier alpha value is -1.40. The van der Waals surface area contributed by atoms with Crippen LogP contribution in [0, 0.1) is 0 Å². The van der Waals surface area contributed by atoms with Crippen LogP contribution in [0.5, 0.6) is 5.75 Å². The summed E-state index contributed by atoms with van der Waals surface area (Å²) in [6, 6.07) is 5.54. The second-order valence-electron chi connectivity index (χ2n) is 3.96. The summed E-state index contributed by atoms with van der Waals surface area (Å²) < 4.78 is 5.68. The molecular weight excluding hydrogens is 262 g/mol. The highest BCUT2D eigenvalue weighted by Crippen LogP contribution is 2.27. The van der Waals surface area contributed by atoms with Gasteiger partial charge >= 0.3 is 6.03 Å². The Balaban J connectivity index is 2.83. The third-order valence-electron chi connectivity index (χ3n) is 2.44. The molecule has 106 valence electrons. The molecule has 0 radical (unpaired) electrons. The Morgan fingerprint density at radius 1 is 1.47 bits per heavy atom. The number of hydrogen-bond acceptors (Lipinski definition) is 4. The summed E-state index contributed by atoms with van der Waals surface area (Å²) in [5.74, 6) is 1.59. The van der Waals surface area contributed by atoms with Crippen LogP contribution >= 0.6 is 11.8 Å². The Labute approximate surface area is 118 Å². The molecule has 4 N–H and O–H groups in total. The fraction of sp³-hybridized carbons (Fsp3) is 0.462. The molecule has 0 aliphatic heterocycles. The van der Waals surface area contributed by atoms with Crippen LogP contribution < -0.4 is 21.1 Å². The van der Waals surface area contributed by atoms with Crippen LogP contribution in [0.1, 0.15) is 12.0 Å². The highest BCUT2D eigenvalue weighted by molar-refractivity contribution is 7.97. The zero-order valence-corrected chi connectivity index (χ0v) is 12.2. The first-order valence-electron chi connectivity index (χ1n) is 6.14. The highest BCUT2D eigenvalue weighted by Gasteiger charge is 2.08. The maximum atomic E-state index is 11.4. The predicted octanol–water partition coefficient (Wildman–Crippen LogP) is 2.03. The number of thioether (sulfide) groups is 1. The standard InChI is InChI=1S/C13H21N3O2S/c1-15-13(17)16-11-5-4-10(9-19-2)8-12(11)18-7-3-6-14/h4-5,8H,3,6-7,9,14H2,1-2H3,(H2,15,16,17). The van der Waals surface area contributed by atoms with Gasteiger partial charge in [0.25, 0.3) is 0 Å². The number of urea groups is 1. The molecule has 0 saturated carbocycles. The van der Waals surface area contributed by atoms with E-state index in [1.165, 1.54) is 0 Å². The molecule has 0 bridgehead atoms. The van der Waals surface area contributed by atoms with E-state index < -0.39 is 0 Å². The molecule has 0 fully saturated rings. The Bertz CT molecular complexity index is 413. The first kappa shape index (κ1) is 15.7. The van der Waals surface area contributed by atoms with Gasteiger partial charge in [0.05, 0.1) is 12.3 Å². The minimum absolute atomic E-state index is 0.263. The van der Waals surface area contributed by atoms with Crippen molar-refractivity contribution in [1.82, 2.24) is 5.32 Å². The molecule has 2 amide bonds. The van der Waals surface area contributed by atoms with Gasteiger partial charge in [-0.25, -0.2) is 4.79 Å². The van der Waals surface area contributed by atoms with Gasteiger partial charge in [-0.1, -0.05) is 6.07 Å². The van der Waals surface area contributed by atoms with Crippen molar-refractivity contribution in [3.05, 3.63) is 23.8 Å². The van der Waals surface area contributed by atoms with Gasteiger partial charge in [0.1, 0.15) is 5.75 Å². The summed E-state index contributed by atoms with van der Waals surface area (Å²) in [5.41, 5.74) is 7.28. The number of rotatable bonds is 7. The summed E-state index contributed by atoms with van der Waals surface area (Å²) >= 11 is 1.74. The molecule has 0 aromatic heterocycles. The molecule has 0 atom stereocenters. The molecule has 1 rings (SSSR count). The van der Waals surface area contributed by atoms with Crippen molar-refractivity contribution in [3.63, 3.8) is 0 Å². The topological polar surface area (TPSA) is 76.4 Å². The molecule has 0 unspecified atom stereocenters. The maximum Gasteiger partial charge on any atom is 0.319 e. The summed E-state index contributed by atoms with van der Waals surface area (Å²) in [5, 5.41) is 5.26. The fourth-order valence-electron chi connectivity index (χ4n) is 1.50. The molecule has 1 aromatic rings. The molecule has 0 saturated heterocycles. The first-order chi connectivity index (χ1) is 9.21. The molecule has 0 aliphatic rings. The summed E-state index contributed by atoms with van der Waals surface area (Å²) in [4.78, 5) is 11.4. The number of hydrogen-bond donors (Lipinski definition) is 3. The molecule has 5 nitrogen and oxygen atoms in total. The van der Waals surface area contributed by atoms with E-state index in [1.807, 2.05) is 24.5 Å². The van der Waals surface area contributed by atoms with Gasteiger partial charge in [-0.3, -0.25) is 0 Å². The Morgan fingerprint density at radius 3 is 2.89 bits per heavy atom. The maximum absolute atomic E-state index is 11.4. The largest absolute Gasteiger partial charge is 0.491 e. The Morgan fingerprint density at radius 2 is 2.26 bits per heavy atom. The van der Waals surface area contributed by atoms with Crippen LogP contribution in [0.15, 0.2) is 18.2 Å². The first-order valence-corrected chi connectivity index (χ1v) is 7.54. The minimum atomic E-state index is -0.263. The zero-order chi connectivity index (χ0) is 14.1. The van der Waals surface area contributed by atoms with Crippen molar-refractivity contribution in [1.29, 1.82) is 0 Å². The lowest BCUT2D eigenvalue weighted by Crippen LogP contribution is -2.24. The molecule has 0 aliphatic carbocycles. The van der Waals surface area contributed by atoms with Gasteiger partial charge in [0.2, 0.25) is 0 Å². The van der Waals surface area contributed by atoms with Gasteiger partial charge in [-0.15, -0.1) is 0 Å². The number of amides is 2. The number of nitrogens with one attached hydrogen (secondary N) is 2. The number of ether oxygens (including phenoxy) is 1. The second kappa shape index (κ2) is 8.66. The van der Waals surface area contributed by atoms with Crippen molar-refractivity contribution in [2.75, 3.05) is 31.8 Å². The van der Waals surface area contributed by atoms with E-state index in [2.05, 4.69) is 10.6 Å². The van der Waals surface area contributed by atoms with Crippen molar-refractivity contribution >= 4 is 23.5 Å². The molecule has 0 heterocycles. The zero-order valence-electron chi connectivity index (χ0n) is 11.4. The van der Waals surface area contributed by atoms with Crippen molar-refractivity contribution in [2.45, 2.75) is 12.2 Å². The van der Waals surface area contributed by atoms with E-state index in [0.29, 0.717) is 24.6 Å². The van der Waals surface area contributed by atoms with Gasteiger partial charge in [-0.2, -0.15) is 11.8 Å². The van der Waals surface area contributed by atoms with E-state index >= 15 is 0 Å². The van der Waals surface area contributed by atoms with Gasteiger partial charge in [0.15, 0.2) is 0 Å². The third kappa shape index (κ3) is 5.40. The van der Waals surface area contributed by atoms with E-state index in [0.717, 1.165) is 17.7 Å². The summed E-state index contributed by atoms with van der Waals surface area (Å²) in [6.45, 7) is 1.13. The van der Waals surface area contributed by atoms with E-state index in [1.54, 1.807) is 18.8 Å². The summed E-state index contributed by atoms with van der Waals surface area (Å²) in [6.07, 6.45) is 2.83. The van der Waals surface area contributed by atoms with Crippen LogP contribution in [-0.2, 0) is 5.75 Å². The van der Waals surface area contributed by atoms with Crippen LogP contribution in [0.25, 0.3) is 0 Å². The van der Waals surface area contributed by atoms with Gasteiger partial charge < -0.3 is 21.1 Å². The van der Waals surface area contributed by atoms with E-state index in [4.69, 9.17) is 10.5 Å². The lowest BCUT2D eigenvalue weighted by atomic mass is 10.2. The number of benzene rings is 1. The van der Waals surface area contributed by atoms with E-state index in [9.17, 15) is 4.79 Å². The van der Waals surface area contributed by atoms with Crippen molar-refractivity contribution in [3.8, 4) is 5.75 Å². The van der Waals surface area contributed by atoms with Crippen LogP contribution in [0.3, 0.4) is 0 Å². The molecule has 0 spiro atoms. The average molecular weight is 283 g/mol. The van der Waals surface area contributed by atoms with Crippen molar-refractivity contribution in [2.24, 2.45) is 5.73 Å². The lowest BCUT2D eigenvalue weighted by Gasteiger charge is -2.13. The smallest absolute Gasteiger partial charge is 0.319 e. The van der Waals surface area contributed by atoms with Crippen LogP contribution in [0.4, 0.5) is 10.5 Å². The highest BCUT2D eigenvalue weighted by atomic mass is 32.2. The lowest BCUT2D eigenvalue weighted by molar-refractivity contribution is 0.253. The number of nitrogens with two attached hydrogens (primary N) is 1. The predicted molar refractivity (Wildman–Crippen MR) is 80.9 cm³/mol. The quantitative estimate of drug-likeness (QED) is 0.669. The Kier molecular flexibility index (Phi) is 7.14. The van der Waals surface area contributed by atoms with Gasteiger partial charge in [-0.05, 0) is 36.9 Å². The molecular formula is C13H21N3O2S. The molecule has 1 aromatic carbocycles. The molecule has 6 heteroatoms.